The molecule has 0 amide bonds. The van der Waals surface area contributed by atoms with Crippen molar-refractivity contribution in [1.82, 2.24) is 0 Å². The third kappa shape index (κ3) is 3.70. The minimum absolute atomic E-state index is 0.249. The number of aliphatic hydroxyl groups excluding tert-OH is 1. The van der Waals surface area contributed by atoms with Crippen molar-refractivity contribution < 1.29 is 9.50 Å². The summed E-state index contributed by atoms with van der Waals surface area (Å²) in [6.45, 7) is 7.46. The van der Waals surface area contributed by atoms with Gasteiger partial charge in [-0.05, 0) is 38.0 Å². The van der Waals surface area contributed by atoms with E-state index in [2.05, 4.69) is 6.92 Å². The van der Waals surface area contributed by atoms with E-state index in [1.165, 1.54) is 6.07 Å². The number of unbranched alkanes of at least 4 members (excludes halogenated alkanes) is 1. The van der Waals surface area contributed by atoms with Gasteiger partial charge < -0.3 is 10.0 Å². The van der Waals surface area contributed by atoms with Crippen molar-refractivity contribution in [3.8, 4) is 0 Å². The van der Waals surface area contributed by atoms with Gasteiger partial charge in [0.1, 0.15) is 5.82 Å². The molecule has 0 spiro atoms. The summed E-state index contributed by atoms with van der Waals surface area (Å²) in [6, 6.07) is 4.98. The number of rotatable bonds is 6. The van der Waals surface area contributed by atoms with E-state index in [0.717, 1.165) is 25.9 Å². The fourth-order valence-corrected chi connectivity index (χ4v) is 1.84. The van der Waals surface area contributed by atoms with E-state index in [9.17, 15) is 9.50 Å². The molecular formula is C14H22FNO. The highest BCUT2D eigenvalue weighted by atomic mass is 19.1. The smallest absolute Gasteiger partial charge is 0.146 e. The lowest BCUT2D eigenvalue weighted by molar-refractivity contribution is 0.199. The van der Waals surface area contributed by atoms with Crippen LogP contribution >= 0.6 is 0 Å². The number of halogens is 1. The van der Waals surface area contributed by atoms with Crippen LogP contribution < -0.4 is 4.90 Å². The molecule has 0 unspecified atom stereocenters. The van der Waals surface area contributed by atoms with E-state index in [0.29, 0.717) is 11.3 Å². The Kier molecular flexibility index (Phi) is 5.42. The first kappa shape index (κ1) is 14.0. The Bertz CT molecular complexity index is 352. The monoisotopic (exact) mass is 239 g/mol. The van der Waals surface area contributed by atoms with Crippen molar-refractivity contribution in [3.63, 3.8) is 0 Å². The first-order valence-electron chi connectivity index (χ1n) is 6.32. The zero-order valence-corrected chi connectivity index (χ0v) is 10.9. The molecule has 96 valence electrons. The van der Waals surface area contributed by atoms with E-state index in [1.54, 1.807) is 19.1 Å². The van der Waals surface area contributed by atoms with E-state index in [1.807, 2.05) is 11.8 Å². The SMILES string of the molecule is CCCCN(CC)c1ccc([C@H](C)O)cc1F. The number of anilines is 1. The van der Waals surface area contributed by atoms with Crippen LogP contribution in [0.25, 0.3) is 0 Å². The molecule has 17 heavy (non-hydrogen) atoms. The number of nitrogens with zero attached hydrogens (tertiary/aromatic N) is 1. The van der Waals surface area contributed by atoms with E-state index in [4.69, 9.17) is 0 Å². The molecule has 0 saturated carbocycles. The van der Waals surface area contributed by atoms with Crippen LogP contribution in [-0.2, 0) is 0 Å². The molecule has 1 aromatic carbocycles. The second kappa shape index (κ2) is 6.60. The minimum atomic E-state index is -0.621. The van der Waals surface area contributed by atoms with Crippen LogP contribution in [0.4, 0.5) is 10.1 Å². The molecule has 0 aliphatic carbocycles. The summed E-state index contributed by atoms with van der Waals surface area (Å²) in [5.74, 6) is -0.249. The van der Waals surface area contributed by atoms with Gasteiger partial charge in [-0.25, -0.2) is 4.39 Å². The van der Waals surface area contributed by atoms with Crippen LogP contribution in [-0.4, -0.2) is 18.2 Å². The molecule has 3 heteroatoms. The minimum Gasteiger partial charge on any atom is -0.389 e. The molecule has 0 aromatic heterocycles. The third-order valence-corrected chi connectivity index (χ3v) is 2.96. The summed E-state index contributed by atoms with van der Waals surface area (Å²) in [4.78, 5) is 2.03. The molecule has 0 saturated heterocycles. The summed E-state index contributed by atoms with van der Waals surface area (Å²) in [7, 11) is 0. The molecule has 2 nitrogen and oxygen atoms in total. The van der Waals surface area contributed by atoms with E-state index in [-0.39, 0.29) is 5.82 Å². The number of hydrogen-bond donors (Lipinski definition) is 1. The molecule has 0 fully saturated rings. The van der Waals surface area contributed by atoms with Gasteiger partial charge in [0, 0.05) is 13.1 Å². The van der Waals surface area contributed by atoms with Gasteiger partial charge in [0.05, 0.1) is 11.8 Å². The Morgan fingerprint density at radius 1 is 1.35 bits per heavy atom. The molecule has 0 radical (unpaired) electrons. The predicted molar refractivity (Wildman–Crippen MR) is 69.8 cm³/mol. The molecule has 0 aliphatic heterocycles. The van der Waals surface area contributed by atoms with Crippen molar-refractivity contribution in [2.24, 2.45) is 0 Å². The van der Waals surface area contributed by atoms with Crippen molar-refractivity contribution >= 4 is 5.69 Å². The topological polar surface area (TPSA) is 23.5 Å². The quantitative estimate of drug-likeness (QED) is 0.821. The van der Waals surface area contributed by atoms with Crippen molar-refractivity contribution in [1.29, 1.82) is 0 Å². The van der Waals surface area contributed by atoms with Crippen molar-refractivity contribution in [2.45, 2.75) is 39.7 Å². The van der Waals surface area contributed by atoms with Gasteiger partial charge >= 0.3 is 0 Å². The van der Waals surface area contributed by atoms with Gasteiger partial charge in [-0.1, -0.05) is 19.4 Å². The number of benzene rings is 1. The normalized spacial score (nSPS) is 12.5. The first-order chi connectivity index (χ1) is 8.10. The van der Waals surface area contributed by atoms with Crippen LogP contribution in [0.15, 0.2) is 18.2 Å². The highest BCUT2D eigenvalue weighted by molar-refractivity contribution is 5.49. The molecule has 1 atom stereocenters. The van der Waals surface area contributed by atoms with Gasteiger partial charge in [-0.15, -0.1) is 0 Å². The van der Waals surface area contributed by atoms with Gasteiger partial charge in [0.15, 0.2) is 0 Å². The lowest BCUT2D eigenvalue weighted by Gasteiger charge is -2.24. The zero-order chi connectivity index (χ0) is 12.8. The highest BCUT2D eigenvalue weighted by Crippen LogP contribution is 2.23. The van der Waals surface area contributed by atoms with Gasteiger partial charge in [0.25, 0.3) is 0 Å². The predicted octanol–water partition coefficient (Wildman–Crippen LogP) is 3.51. The summed E-state index contributed by atoms with van der Waals surface area (Å²) < 4.78 is 13.9. The molecular weight excluding hydrogens is 217 g/mol. The maximum Gasteiger partial charge on any atom is 0.146 e. The van der Waals surface area contributed by atoms with Crippen LogP contribution in [0.1, 0.15) is 45.3 Å². The summed E-state index contributed by atoms with van der Waals surface area (Å²) in [6.07, 6.45) is 1.54. The standard InChI is InChI=1S/C14H22FNO/c1-4-6-9-16(5-2)14-8-7-12(11(3)17)10-13(14)15/h7-8,10-11,17H,4-6,9H2,1-3H3/t11-/m0/s1. The Hall–Kier alpha value is -1.09. The van der Waals surface area contributed by atoms with Crippen molar-refractivity contribution in [3.05, 3.63) is 29.6 Å². The van der Waals surface area contributed by atoms with Crippen LogP contribution in [0, 0.1) is 5.82 Å². The molecule has 0 heterocycles. The first-order valence-corrected chi connectivity index (χ1v) is 6.32. The summed E-state index contributed by atoms with van der Waals surface area (Å²) in [5, 5.41) is 9.40. The van der Waals surface area contributed by atoms with E-state index >= 15 is 0 Å². The summed E-state index contributed by atoms with van der Waals surface area (Å²) >= 11 is 0. The molecule has 1 aromatic rings. The number of aliphatic hydroxyl groups is 1. The fraction of sp³-hybridized carbons (Fsp3) is 0.571. The average Bonchev–Trinajstić information content (AvgIpc) is 2.31. The molecule has 0 bridgehead atoms. The lowest BCUT2D eigenvalue weighted by Crippen LogP contribution is -2.24. The Morgan fingerprint density at radius 2 is 2.06 bits per heavy atom. The largest absolute Gasteiger partial charge is 0.389 e. The lowest BCUT2D eigenvalue weighted by atomic mass is 10.1. The second-order valence-corrected chi connectivity index (χ2v) is 4.32. The van der Waals surface area contributed by atoms with Gasteiger partial charge in [-0.2, -0.15) is 0 Å². The van der Waals surface area contributed by atoms with Gasteiger partial charge in [0.2, 0.25) is 0 Å². The Balaban J connectivity index is 2.88. The second-order valence-electron chi connectivity index (χ2n) is 4.32. The maximum absolute atomic E-state index is 13.9. The molecule has 1 N–H and O–H groups in total. The number of hydrogen-bond acceptors (Lipinski definition) is 2. The Labute approximate surface area is 103 Å². The maximum atomic E-state index is 13.9. The van der Waals surface area contributed by atoms with Crippen LogP contribution in [0.5, 0.6) is 0 Å². The summed E-state index contributed by atoms with van der Waals surface area (Å²) in [5.41, 5.74) is 1.25. The van der Waals surface area contributed by atoms with Crippen molar-refractivity contribution in [2.75, 3.05) is 18.0 Å². The highest BCUT2D eigenvalue weighted by Gasteiger charge is 2.11. The fourth-order valence-electron chi connectivity index (χ4n) is 1.84. The molecule has 0 aliphatic rings. The van der Waals surface area contributed by atoms with E-state index < -0.39 is 6.10 Å². The van der Waals surface area contributed by atoms with Crippen LogP contribution in [0.3, 0.4) is 0 Å². The average molecular weight is 239 g/mol. The molecule has 1 rings (SSSR count). The zero-order valence-electron chi connectivity index (χ0n) is 10.9. The van der Waals surface area contributed by atoms with Crippen LogP contribution in [0.2, 0.25) is 0 Å². The van der Waals surface area contributed by atoms with Gasteiger partial charge in [-0.3, -0.25) is 0 Å². The third-order valence-electron chi connectivity index (χ3n) is 2.96. The Morgan fingerprint density at radius 3 is 2.53 bits per heavy atom.